The molecule has 0 bridgehead atoms. The molecule has 2 heteroatoms. The number of hydrogen-bond acceptors (Lipinski definition) is 2. The molecule has 0 heterocycles. The first-order valence-electron chi connectivity index (χ1n) is 4.44. The lowest BCUT2D eigenvalue weighted by molar-refractivity contribution is 0.882. The topological polar surface area (TPSA) is 24.1 Å². The molecule has 0 amide bonds. The fourth-order valence-electron chi connectivity index (χ4n) is 0.378. The van der Waals surface area contributed by atoms with Crippen LogP contribution >= 0.6 is 0 Å². The van der Waals surface area contributed by atoms with Crippen LogP contribution in [-0.2, 0) is 0 Å². The van der Waals surface area contributed by atoms with E-state index in [1.165, 1.54) is 0 Å². The van der Waals surface area contributed by atoms with Crippen LogP contribution < -0.4 is 10.6 Å². The molecule has 0 unspecified atom stereocenters. The molecular formula is C10H24N2. The van der Waals surface area contributed by atoms with Crippen molar-refractivity contribution < 1.29 is 0 Å². The molecule has 0 aromatic heterocycles. The number of likely N-dealkylation sites (N-methyl/N-ethyl adjacent to an activating group) is 1. The van der Waals surface area contributed by atoms with Crippen molar-refractivity contribution in [2.75, 3.05) is 20.1 Å². The first-order chi connectivity index (χ1) is 5.91. The van der Waals surface area contributed by atoms with Crippen molar-refractivity contribution in [1.29, 1.82) is 0 Å². The van der Waals surface area contributed by atoms with Crippen LogP contribution in [0.25, 0.3) is 0 Å². The Balaban J connectivity index is -0.000000175. The second-order valence-electron chi connectivity index (χ2n) is 1.52. The van der Waals surface area contributed by atoms with Crippen LogP contribution in [0.5, 0.6) is 0 Å². The smallest absolute Gasteiger partial charge is 0.0148 e. The summed E-state index contributed by atoms with van der Waals surface area (Å²) in [6.45, 7) is 14.0. The van der Waals surface area contributed by atoms with Crippen molar-refractivity contribution in [3.05, 3.63) is 25.4 Å². The van der Waals surface area contributed by atoms with Gasteiger partial charge in [-0.1, -0.05) is 19.9 Å². The maximum Gasteiger partial charge on any atom is 0.0148 e. The Morgan fingerprint density at radius 3 is 2.08 bits per heavy atom. The van der Waals surface area contributed by atoms with Gasteiger partial charge in [-0.15, -0.1) is 13.2 Å². The van der Waals surface area contributed by atoms with Crippen molar-refractivity contribution in [2.24, 2.45) is 0 Å². The van der Waals surface area contributed by atoms with Gasteiger partial charge >= 0.3 is 0 Å². The lowest BCUT2D eigenvalue weighted by Gasteiger charge is -1.90. The molecule has 0 aromatic rings. The fourth-order valence-corrected chi connectivity index (χ4v) is 0.378. The predicted octanol–water partition coefficient (Wildman–Crippen LogP) is 2.16. The minimum Gasteiger partial charge on any atom is -0.391 e. The quantitative estimate of drug-likeness (QED) is 0.635. The van der Waals surface area contributed by atoms with Gasteiger partial charge < -0.3 is 10.6 Å². The summed E-state index contributed by atoms with van der Waals surface area (Å²) < 4.78 is 0. The highest BCUT2D eigenvalue weighted by atomic mass is 14.8. The largest absolute Gasteiger partial charge is 0.391 e. The Hall–Kier alpha value is -0.760. The summed E-state index contributed by atoms with van der Waals surface area (Å²) >= 11 is 0. The van der Waals surface area contributed by atoms with Crippen LogP contribution in [0.15, 0.2) is 25.4 Å². The van der Waals surface area contributed by atoms with E-state index in [0.717, 1.165) is 13.1 Å². The number of nitrogens with one attached hydrogen (secondary N) is 2. The molecule has 0 aliphatic carbocycles. The molecule has 0 atom stereocenters. The average Bonchev–Trinajstić information content (AvgIpc) is 2.19. The first-order valence-corrected chi connectivity index (χ1v) is 4.44. The van der Waals surface area contributed by atoms with E-state index in [1.54, 1.807) is 0 Å². The second kappa shape index (κ2) is 31.8. The predicted molar refractivity (Wildman–Crippen MR) is 59.3 cm³/mol. The summed E-state index contributed by atoms with van der Waals surface area (Å²) in [6, 6.07) is 0. The van der Waals surface area contributed by atoms with Crippen LogP contribution in [0.4, 0.5) is 0 Å². The summed E-state index contributed by atoms with van der Waals surface area (Å²) in [5.74, 6) is 0. The summed E-state index contributed by atoms with van der Waals surface area (Å²) in [5.41, 5.74) is 0. The molecule has 0 aliphatic rings. The number of hydrogen-bond donors (Lipinski definition) is 2. The van der Waals surface area contributed by atoms with E-state index >= 15 is 0 Å². The Kier molecular flexibility index (Phi) is 46.1. The molecule has 2 nitrogen and oxygen atoms in total. The maximum absolute atomic E-state index is 3.06. The minimum absolute atomic E-state index is 0.938. The van der Waals surface area contributed by atoms with E-state index < -0.39 is 0 Å². The van der Waals surface area contributed by atoms with Crippen molar-refractivity contribution in [3.8, 4) is 0 Å². The molecule has 2 N–H and O–H groups in total. The van der Waals surface area contributed by atoms with Gasteiger partial charge in [0, 0.05) is 13.1 Å². The van der Waals surface area contributed by atoms with Gasteiger partial charge in [0.1, 0.15) is 0 Å². The fraction of sp³-hybridized carbons (Fsp3) is 0.600. The first kappa shape index (κ1) is 17.4. The maximum atomic E-state index is 3.06. The average molecular weight is 172 g/mol. The summed E-state index contributed by atoms with van der Waals surface area (Å²) in [6.07, 6.45) is 4.00. The van der Waals surface area contributed by atoms with Crippen LogP contribution in [0.2, 0.25) is 0 Å². The molecule has 12 heavy (non-hydrogen) atoms. The summed E-state index contributed by atoms with van der Waals surface area (Å²) in [4.78, 5) is 0. The van der Waals surface area contributed by atoms with Gasteiger partial charge in [0.25, 0.3) is 0 Å². The van der Waals surface area contributed by atoms with Crippen molar-refractivity contribution >= 4 is 0 Å². The highest BCUT2D eigenvalue weighted by Crippen LogP contribution is 1.62. The van der Waals surface area contributed by atoms with Crippen LogP contribution in [-0.4, -0.2) is 20.1 Å². The van der Waals surface area contributed by atoms with E-state index in [1.807, 2.05) is 33.2 Å². The van der Waals surface area contributed by atoms with Crippen LogP contribution in [0, 0.1) is 0 Å². The van der Waals surface area contributed by atoms with Gasteiger partial charge in [-0.2, -0.15) is 0 Å². The van der Waals surface area contributed by atoms with Gasteiger partial charge in [-0.25, -0.2) is 0 Å². The van der Waals surface area contributed by atoms with Gasteiger partial charge in [-0.05, 0) is 20.2 Å². The SMILES string of the molecule is C=C.CC.CCN/C=C\CNC. The van der Waals surface area contributed by atoms with E-state index in [0.29, 0.717) is 0 Å². The van der Waals surface area contributed by atoms with E-state index in [-0.39, 0.29) is 0 Å². The zero-order valence-corrected chi connectivity index (χ0v) is 8.98. The normalized spacial score (nSPS) is 7.67. The Labute approximate surface area is 77.8 Å². The monoisotopic (exact) mass is 172 g/mol. The van der Waals surface area contributed by atoms with Crippen molar-refractivity contribution in [2.45, 2.75) is 20.8 Å². The summed E-state index contributed by atoms with van der Waals surface area (Å²) in [7, 11) is 1.93. The molecule has 0 spiro atoms. The van der Waals surface area contributed by atoms with Crippen molar-refractivity contribution in [1.82, 2.24) is 10.6 Å². The Morgan fingerprint density at radius 2 is 1.75 bits per heavy atom. The molecule has 0 aliphatic heterocycles. The Morgan fingerprint density at radius 1 is 1.25 bits per heavy atom. The van der Waals surface area contributed by atoms with Crippen molar-refractivity contribution in [3.63, 3.8) is 0 Å². The molecule has 74 valence electrons. The standard InChI is InChI=1S/C6H14N2.C2H6.C2H4/c1-3-8-6-4-5-7-2;2*1-2/h4,6-8H,3,5H2,1-2H3;1-2H3;1-2H2/b6-4-;;. The lowest BCUT2D eigenvalue weighted by atomic mass is 10.6. The highest BCUT2D eigenvalue weighted by molar-refractivity contribution is 4.80. The molecule has 0 saturated heterocycles. The Bertz CT molecular complexity index is 62.2. The second-order valence-corrected chi connectivity index (χ2v) is 1.52. The molecule has 0 aromatic carbocycles. The molecule has 0 rings (SSSR count). The third-order valence-electron chi connectivity index (χ3n) is 0.762. The number of rotatable bonds is 4. The third-order valence-corrected chi connectivity index (χ3v) is 0.762. The van der Waals surface area contributed by atoms with Gasteiger partial charge in [0.2, 0.25) is 0 Å². The van der Waals surface area contributed by atoms with Gasteiger partial charge in [-0.3, -0.25) is 0 Å². The van der Waals surface area contributed by atoms with Crippen LogP contribution in [0.1, 0.15) is 20.8 Å². The van der Waals surface area contributed by atoms with Gasteiger partial charge in [0.15, 0.2) is 0 Å². The summed E-state index contributed by atoms with van der Waals surface area (Å²) in [5, 5.41) is 6.06. The van der Waals surface area contributed by atoms with E-state index in [9.17, 15) is 0 Å². The van der Waals surface area contributed by atoms with Gasteiger partial charge in [0.05, 0.1) is 0 Å². The highest BCUT2D eigenvalue weighted by Gasteiger charge is 1.67. The zero-order chi connectivity index (χ0) is 10.2. The minimum atomic E-state index is 0.938. The van der Waals surface area contributed by atoms with Crippen LogP contribution in [0.3, 0.4) is 0 Å². The third kappa shape index (κ3) is 34.9. The molecular weight excluding hydrogens is 148 g/mol. The van der Waals surface area contributed by atoms with E-state index in [4.69, 9.17) is 0 Å². The van der Waals surface area contributed by atoms with E-state index in [2.05, 4.69) is 30.7 Å². The zero-order valence-electron chi connectivity index (χ0n) is 8.98. The lowest BCUT2D eigenvalue weighted by Crippen LogP contribution is -2.07. The molecule has 0 radical (unpaired) electrons. The molecule has 0 saturated carbocycles. The molecule has 0 fully saturated rings.